The second-order valence-electron chi connectivity index (χ2n) is 5.60. The lowest BCUT2D eigenvalue weighted by atomic mass is 9.99. The van der Waals surface area contributed by atoms with E-state index < -0.39 is 22.4 Å². The van der Waals surface area contributed by atoms with E-state index in [4.69, 9.17) is 9.47 Å². The molecule has 0 fully saturated rings. The summed E-state index contributed by atoms with van der Waals surface area (Å²) in [5.41, 5.74) is 0.906. The molecule has 4 nitrogen and oxygen atoms in total. The molecule has 0 aromatic heterocycles. The van der Waals surface area contributed by atoms with Crippen molar-refractivity contribution in [2.45, 2.75) is 23.8 Å². The maximum atomic E-state index is 12.7. The van der Waals surface area contributed by atoms with E-state index in [1.54, 1.807) is 31.2 Å². The lowest BCUT2D eigenvalue weighted by molar-refractivity contribution is -0.164. The highest BCUT2D eigenvalue weighted by atomic mass is 79.9. The Morgan fingerprint density at radius 3 is 2.46 bits per heavy atom. The number of rotatable bonds is 4. The van der Waals surface area contributed by atoms with E-state index in [0.29, 0.717) is 5.56 Å². The van der Waals surface area contributed by atoms with Crippen LogP contribution in [0.5, 0.6) is 0 Å². The number of hydrogen-bond acceptors (Lipinski definition) is 4. The quantitative estimate of drug-likeness (QED) is 0.589. The van der Waals surface area contributed by atoms with E-state index in [1.165, 1.54) is 0 Å². The van der Waals surface area contributed by atoms with Gasteiger partial charge in [-0.2, -0.15) is 0 Å². The molecule has 0 amide bonds. The number of carbonyl (C=O) groups is 2. The molecule has 2 atom stereocenters. The number of hydrogen-bond donors (Lipinski definition) is 0. The Morgan fingerprint density at radius 2 is 1.79 bits per heavy atom. The highest BCUT2D eigenvalue weighted by molar-refractivity contribution is 9.09. The summed E-state index contributed by atoms with van der Waals surface area (Å²) in [5, 5.41) is 0. The number of carbonyl (C=O) groups excluding carboxylic acids is 2. The van der Waals surface area contributed by atoms with Gasteiger partial charge < -0.3 is 9.47 Å². The molecule has 0 radical (unpaired) electrons. The lowest BCUT2D eigenvalue weighted by Gasteiger charge is -2.30. The number of fused-ring (bicyclic) bond motifs is 1. The minimum Gasteiger partial charge on any atom is -0.463 e. The summed E-state index contributed by atoms with van der Waals surface area (Å²) in [6, 6.07) is 16.3. The molecule has 0 unspecified atom stereocenters. The third-order valence-electron chi connectivity index (χ3n) is 4.10. The smallest absolute Gasteiger partial charge is 0.352 e. The predicted molar refractivity (Wildman–Crippen MR) is 93.0 cm³/mol. The van der Waals surface area contributed by atoms with Crippen LogP contribution >= 0.6 is 15.9 Å². The molecule has 0 heterocycles. The van der Waals surface area contributed by atoms with Gasteiger partial charge in [0.15, 0.2) is 0 Å². The van der Waals surface area contributed by atoms with Crippen LogP contribution in [0.2, 0.25) is 0 Å². The van der Waals surface area contributed by atoms with Gasteiger partial charge in [0.2, 0.25) is 5.60 Å². The van der Waals surface area contributed by atoms with Crippen molar-refractivity contribution in [1.82, 2.24) is 0 Å². The third kappa shape index (κ3) is 2.84. The van der Waals surface area contributed by atoms with Crippen LogP contribution in [0.15, 0.2) is 54.6 Å². The minimum atomic E-state index is -1.40. The lowest BCUT2D eigenvalue weighted by Crippen LogP contribution is -2.46. The Hall–Kier alpha value is -2.14. The highest BCUT2D eigenvalue weighted by Gasteiger charge is 2.55. The number of benzene rings is 2. The number of halogens is 1. The summed E-state index contributed by atoms with van der Waals surface area (Å²) in [4.78, 5) is 24.8. The van der Waals surface area contributed by atoms with Gasteiger partial charge >= 0.3 is 11.9 Å². The summed E-state index contributed by atoms with van der Waals surface area (Å²) < 4.78 is 11.0. The van der Waals surface area contributed by atoms with Crippen molar-refractivity contribution in [1.29, 1.82) is 0 Å². The van der Waals surface area contributed by atoms with Crippen LogP contribution in [0.25, 0.3) is 0 Å². The molecule has 2 aromatic rings. The molecule has 0 aliphatic heterocycles. The maximum Gasteiger partial charge on any atom is 0.352 e. The van der Waals surface area contributed by atoms with Crippen molar-refractivity contribution >= 4 is 27.9 Å². The molecule has 0 saturated heterocycles. The van der Waals surface area contributed by atoms with E-state index >= 15 is 0 Å². The van der Waals surface area contributed by atoms with Crippen molar-refractivity contribution in [3.8, 4) is 0 Å². The van der Waals surface area contributed by atoms with Crippen LogP contribution in [-0.4, -0.2) is 24.1 Å². The molecule has 1 aliphatic rings. The molecule has 0 bridgehead atoms. The largest absolute Gasteiger partial charge is 0.463 e. The van der Waals surface area contributed by atoms with E-state index in [9.17, 15) is 9.59 Å². The van der Waals surface area contributed by atoms with E-state index in [1.807, 2.05) is 30.3 Å². The monoisotopic (exact) mass is 388 g/mol. The average molecular weight is 389 g/mol. The summed E-state index contributed by atoms with van der Waals surface area (Å²) in [6.07, 6.45) is 0.288. The van der Waals surface area contributed by atoms with Crippen molar-refractivity contribution in [3.63, 3.8) is 0 Å². The predicted octanol–water partition coefficient (Wildman–Crippen LogP) is 3.84. The van der Waals surface area contributed by atoms with Gasteiger partial charge in [0, 0.05) is 6.42 Å². The van der Waals surface area contributed by atoms with Gasteiger partial charge in [-0.25, -0.2) is 9.59 Å². The Morgan fingerprint density at radius 1 is 1.12 bits per heavy atom. The van der Waals surface area contributed by atoms with Crippen LogP contribution in [0, 0.1) is 0 Å². The van der Waals surface area contributed by atoms with Crippen molar-refractivity contribution in [3.05, 3.63) is 71.3 Å². The zero-order valence-electron chi connectivity index (χ0n) is 13.2. The van der Waals surface area contributed by atoms with Crippen molar-refractivity contribution in [2.24, 2.45) is 0 Å². The van der Waals surface area contributed by atoms with E-state index in [2.05, 4.69) is 15.9 Å². The van der Waals surface area contributed by atoms with Gasteiger partial charge in [0.05, 0.1) is 17.0 Å². The zero-order valence-corrected chi connectivity index (χ0v) is 14.8. The van der Waals surface area contributed by atoms with Crippen LogP contribution < -0.4 is 0 Å². The summed E-state index contributed by atoms with van der Waals surface area (Å²) in [7, 11) is 0. The topological polar surface area (TPSA) is 52.6 Å². The molecular weight excluding hydrogens is 372 g/mol. The van der Waals surface area contributed by atoms with Crippen LogP contribution in [-0.2, 0) is 20.7 Å². The fourth-order valence-corrected chi connectivity index (χ4v) is 3.81. The second kappa shape index (κ2) is 6.77. The first-order valence-corrected chi connectivity index (χ1v) is 8.67. The molecule has 5 heteroatoms. The number of alkyl halides is 1. The minimum absolute atomic E-state index is 0.222. The Kier molecular flexibility index (Phi) is 4.71. The van der Waals surface area contributed by atoms with Gasteiger partial charge in [-0.1, -0.05) is 58.4 Å². The highest BCUT2D eigenvalue weighted by Crippen LogP contribution is 2.48. The zero-order chi connectivity index (χ0) is 17.2. The van der Waals surface area contributed by atoms with E-state index in [0.717, 1.165) is 11.1 Å². The molecule has 1 aliphatic carbocycles. The van der Waals surface area contributed by atoms with E-state index in [-0.39, 0.29) is 13.0 Å². The molecule has 0 N–H and O–H groups in total. The van der Waals surface area contributed by atoms with Crippen LogP contribution in [0.4, 0.5) is 0 Å². The van der Waals surface area contributed by atoms with Gasteiger partial charge in [-0.05, 0) is 30.2 Å². The van der Waals surface area contributed by atoms with Gasteiger partial charge in [-0.15, -0.1) is 0 Å². The van der Waals surface area contributed by atoms with Crippen LogP contribution in [0.3, 0.4) is 0 Å². The van der Waals surface area contributed by atoms with Crippen molar-refractivity contribution in [2.75, 3.05) is 6.61 Å². The standard InChI is InChI=1S/C19H17BrO4/c1-2-23-18(22)19(24-17(21)13-8-4-3-5-9-13)12-14-10-6-7-11-15(14)16(19)20/h3-11,16H,2,12H2,1H3/t16-,19-/m1/s1. The molecule has 0 spiro atoms. The molecule has 2 aromatic carbocycles. The fourth-order valence-electron chi connectivity index (χ4n) is 2.92. The molecule has 124 valence electrons. The van der Waals surface area contributed by atoms with Crippen LogP contribution in [0.1, 0.15) is 33.2 Å². The normalized spacial score (nSPS) is 21.8. The number of ether oxygens (including phenoxy) is 2. The Bertz CT molecular complexity index is 759. The number of esters is 2. The molecule has 24 heavy (non-hydrogen) atoms. The summed E-state index contributed by atoms with van der Waals surface area (Å²) >= 11 is 3.55. The second-order valence-corrected chi connectivity index (χ2v) is 6.52. The maximum absolute atomic E-state index is 12.7. The Labute approximate surface area is 148 Å². The van der Waals surface area contributed by atoms with Gasteiger partial charge in [0.25, 0.3) is 0 Å². The SMILES string of the molecule is CCOC(=O)[C@@]1(OC(=O)c2ccccc2)Cc2ccccc2[C@H]1Br. The average Bonchev–Trinajstić information content (AvgIpc) is 2.89. The first-order chi connectivity index (χ1) is 11.6. The third-order valence-corrected chi connectivity index (χ3v) is 5.33. The first kappa shape index (κ1) is 16.7. The molecule has 0 saturated carbocycles. The van der Waals surface area contributed by atoms with Crippen molar-refractivity contribution < 1.29 is 19.1 Å². The summed E-state index contributed by atoms with van der Waals surface area (Å²) in [5.74, 6) is -1.08. The van der Waals surface area contributed by atoms with Gasteiger partial charge in [0.1, 0.15) is 0 Å². The van der Waals surface area contributed by atoms with Gasteiger partial charge in [-0.3, -0.25) is 0 Å². The Balaban J connectivity index is 1.97. The molecular formula is C19H17BrO4. The first-order valence-electron chi connectivity index (χ1n) is 7.76. The fraction of sp³-hybridized carbons (Fsp3) is 0.263. The molecule has 3 rings (SSSR count). The summed E-state index contributed by atoms with van der Waals surface area (Å²) in [6.45, 7) is 1.95.